The molecule has 14 heteroatoms. The van der Waals surface area contributed by atoms with Crippen LogP contribution in [0.5, 0.6) is 0 Å². The van der Waals surface area contributed by atoms with Crippen LogP contribution in [0.25, 0.3) is 0 Å². The zero-order chi connectivity index (χ0) is 32.0. The van der Waals surface area contributed by atoms with Crippen LogP contribution in [0.2, 0.25) is 0 Å². The molecule has 3 aliphatic heterocycles. The van der Waals surface area contributed by atoms with Crippen LogP contribution in [-0.2, 0) is 26.0 Å². The molecule has 4 aliphatic rings. The molecule has 2 aromatic rings. The molecule has 45 heavy (non-hydrogen) atoms. The highest BCUT2D eigenvalue weighted by Gasteiger charge is 2.44. The number of halogens is 2. The fraction of sp³-hybridized carbons (Fsp3) is 0.581. The van der Waals surface area contributed by atoms with E-state index in [-0.39, 0.29) is 44.0 Å². The van der Waals surface area contributed by atoms with Crippen molar-refractivity contribution in [1.29, 1.82) is 0 Å². The van der Waals surface area contributed by atoms with Gasteiger partial charge in [-0.25, -0.2) is 22.2 Å². The summed E-state index contributed by atoms with van der Waals surface area (Å²) in [5.41, 5.74) is 3.99. The molecule has 0 atom stereocenters. The Balaban J connectivity index is 1.26. The van der Waals surface area contributed by atoms with Crippen molar-refractivity contribution in [3.63, 3.8) is 0 Å². The van der Waals surface area contributed by atoms with Crippen molar-refractivity contribution in [3.05, 3.63) is 35.5 Å². The second kappa shape index (κ2) is 11.9. The molecule has 244 valence electrons. The lowest BCUT2D eigenvalue weighted by atomic mass is 9.93. The van der Waals surface area contributed by atoms with E-state index in [1.165, 1.54) is 19.8 Å². The Kier molecular flexibility index (Phi) is 8.29. The molecule has 2 saturated heterocycles. The summed E-state index contributed by atoms with van der Waals surface area (Å²) in [5.74, 6) is -3.52. The normalized spacial score (nSPS) is 20.1. The van der Waals surface area contributed by atoms with Crippen molar-refractivity contribution in [3.8, 4) is 0 Å². The first-order valence-corrected chi connectivity index (χ1v) is 17.2. The van der Waals surface area contributed by atoms with E-state index in [2.05, 4.69) is 19.8 Å². The monoisotopic (exact) mass is 646 g/mol. The summed E-state index contributed by atoms with van der Waals surface area (Å²) in [5, 5.41) is 3.01. The number of aromatic nitrogens is 1. The standard InChI is InChI=1S/C31H40F2N6O5S/c1-21(40)44-17-18-45(42,43)36-23-3-4-24(26(20-23)38-13-8-30(6-7-30)9-14-38)35-29(41)25-19-22-5-12-37(2)27(22)28(34-25)39-15-10-31(32,33)11-16-39/h3-4,19-20,36H,5-18H2,1-2H3,(H,35,41). The topological polar surface area (TPSA) is 124 Å². The fourth-order valence-corrected chi connectivity index (χ4v) is 7.43. The smallest absolute Gasteiger partial charge is 0.302 e. The number of esters is 1. The number of fused-ring (bicyclic) bond motifs is 1. The van der Waals surface area contributed by atoms with Crippen molar-refractivity contribution >= 4 is 50.5 Å². The van der Waals surface area contributed by atoms with E-state index < -0.39 is 27.8 Å². The Labute approximate surface area is 262 Å². The number of nitrogens with one attached hydrogen (secondary N) is 2. The van der Waals surface area contributed by atoms with Gasteiger partial charge in [-0.1, -0.05) is 0 Å². The van der Waals surface area contributed by atoms with Crippen LogP contribution in [0.3, 0.4) is 0 Å². The van der Waals surface area contributed by atoms with Gasteiger partial charge in [-0.2, -0.15) is 0 Å². The third kappa shape index (κ3) is 7.10. The van der Waals surface area contributed by atoms with E-state index in [1.807, 2.05) is 11.9 Å². The number of carbonyl (C=O) groups is 2. The quantitative estimate of drug-likeness (QED) is 0.385. The van der Waals surface area contributed by atoms with Crippen LogP contribution in [-0.4, -0.2) is 83.3 Å². The molecule has 1 spiro atoms. The van der Waals surface area contributed by atoms with Gasteiger partial charge in [0.15, 0.2) is 5.82 Å². The second-order valence-electron chi connectivity index (χ2n) is 12.8. The predicted octanol–water partition coefficient (Wildman–Crippen LogP) is 4.25. The molecule has 1 aromatic heterocycles. The van der Waals surface area contributed by atoms with Gasteiger partial charge >= 0.3 is 5.97 Å². The molecule has 1 aliphatic carbocycles. The SMILES string of the molecule is CC(=O)OCCS(=O)(=O)Nc1ccc(NC(=O)c2cc3c(c(N4CCC(F)(F)CC4)n2)N(C)CC3)c(N2CCC3(CC2)CC3)c1. The highest BCUT2D eigenvalue weighted by molar-refractivity contribution is 7.92. The van der Waals surface area contributed by atoms with Crippen molar-refractivity contribution in [2.24, 2.45) is 5.41 Å². The molecule has 11 nitrogen and oxygen atoms in total. The van der Waals surface area contributed by atoms with Crippen molar-refractivity contribution in [2.45, 2.75) is 57.8 Å². The number of likely N-dealkylation sites (N-methyl/N-ethyl adjacent to an activating group) is 1. The number of piperidine rings is 2. The molecule has 2 N–H and O–H groups in total. The van der Waals surface area contributed by atoms with Crippen LogP contribution in [0, 0.1) is 5.41 Å². The van der Waals surface area contributed by atoms with Crippen LogP contribution >= 0.6 is 0 Å². The van der Waals surface area contributed by atoms with Gasteiger partial charge in [0.2, 0.25) is 10.0 Å². The minimum atomic E-state index is -3.80. The summed E-state index contributed by atoms with van der Waals surface area (Å²) in [6.07, 6.45) is 4.70. The van der Waals surface area contributed by atoms with E-state index in [1.54, 1.807) is 24.3 Å². The second-order valence-corrected chi connectivity index (χ2v) is 14.6. The number of amides is 1. The highest BCUT2D eigenvalue weighted by atomic mass is 32.2. The lowest BCUT2D eigenvalue weighted by Crippen LogP contribution is -2.40. The van der Waals surface area contributed by atoms with Gasteiger partial charge in [0.25, 0.3) is 11.8 Å². The number of alkyl halides is 2. The van der Waals surface area contributed by atoms with Crippen molar-refractivity contribution < 1.29 is 31.5 Å². The first-order chi connectivity index (χ1) is 21.3. The molecule has 1 saturated carbocycles. The maximum Gasteiger partial charge on any atom is 0.302 e. The summed E-state index contributed by atoms with van der Waals surface area (Å²) < 4.78 is 60.6. The van der Waals surface area contributed by atoms with Gasteiger partial charge in [-0.3, -0.25) is 14.3 Å². The summed E-state index contributed by atoms with van der Waals surface area (Å²) in [4.78, 5) is 35.6. The Morgan fingerprint density at radius 2 is 1.67 bits per heavy atom. The summed E-state index contributed by atoms with van der Waals surface area (Å²) in [6, 6.07) is 6.75. The number of nitrogens with zero attached hydrogens (tertiary/aromatic N) is 4. The minimum absolute atomic E-state index is 0.157. The van der Waals surface area contributed by atoms with Crippen LogP contribution in [0.1, 0.15) is 61.5 Å². The Morgan fingerprint density at radius 1 is 0.978 bits per heavy atom. The van der Waals surface area contributed by atoms with Crippen LogP contribution in [0.15, 0.2) is 24.3 Å². The Hall–Kier alpha value is -3.68. The number of hydrogen-bond acceptors (Lipinski definition) is 9. The van der Waals surface area contributed by atoms with Gasteiger partial charge in [0.05, 0.1) is 22.7 Å². The third-order valence-electron chi connectivity index (χ3n) is 9.48. The average molecular weight is 647 g/mol. The first kappa shape index (κ1) is 31.3. The van der Waals surface area contributed by atoms with E-state index in [9.17, 15) is 26.8 Å². The predicted molar refractivity (Wildman–Crippen MR) is 169 cm³/mol. The van der Waals surface area contributed by atoms with E-state index in [4.69, 9.17) is 9.72 Å². The largest absolute Gasteiger partial charge is 0.465 e. The van der Waals surface area contributed by atoms with E-state index in [0.29, 0.717) is 28.3 Å². The van der Waals surface area contributed by atoms with Crippen LogP contribution < -0.4 is 24.7 Å². The number of rotatable bonds is 9. The summed E-state index contributed by atoms with van der Waals surface area (Å²) in [7, 11) is -1.85. The average Bonchev–Trinajstić information content (AvgIpc) is 3.63. The molecule has 3 fully saturated rings. The van der Waals surface area contributed by atoms with E-state index >= 15 is 0 Å². The summed E-state index contributed by atoms with van der Waals surface area (Å²) in [6.45, 7) is 3.57. The van der Waals surface area contributed by atoms with Crippen molar-refractivity contribution in [1.82, 2.24) is 4.98 Å². The van der Waals surface area contributed by atoms with Gasteiger partial charge in [0, 0.05) is 59.5 Å². The first-order valence-electron chi connectivity index (χ1n) is 15.5. The number of sulfonamides is 1. The Morgan fingerprint density at radius 3 is 2.33 bits per heavy atom. The lowest BCUT2D eigenvalue weighted by Gasteiger charge is -2.35. The molecule has 1 aromatic carbocycles. The third-order valence-corrected chi connectivity index (χ3v) is 10.7. The minimum Gasteiger partial charge on any atom is -0.465 e. The number of hydrogen-bond donors (Lipinski definition) is 2. The maximum absolute atomic E-state index is 14.0. The molecule has 4 heterocycles. The molecular formula is C31H40F2N6O5S. The molecular weight excluding hydrogens is 606 g/mol. The zero-order valence-electron chi connectivity index (χ0n) is 25.7. The Bertz CT molecular complexity index is 1580. The lowest BCUT2D eigenvalue weighted by molar-refractivity contribution is -0.140. The number of carbonyl (C=O) groups excluding carboxylic acids is 2. The molecule has 1 amide bonds. The van der Waals surface area contributed by atoms with E-state index in [0.717, 1.165) is 50.1 Å². The zero-order valence-corrected chi connectivity index (χ0v) is 26.5. The number of anilines is 5. The molecule has 0 radical (unpaired) electrons. The van der Waals surface area contributed by atoms with Crippen LogP contribution in [0.4, 0.5) is 37.3 Å². The highest BCUT2D eigenvalue weighted by Crippen LogP contribution is 2.54. The number of pyridine rings is 1. The summed E-state index contributed by atoms with van der Waals surface area (Å²) >= 11 is 0. The number of ether oxygens (including phenoxy) is 1. The van der Waals surface area contributed by atoms with Crippen molar-refractivity contribution in [2.75, 3.05) is 76.9 Å². The van der Waals surface area contributed by atoms with Gasteiger partial charge < -0.3 is 24.8 Å². The van der Waals surface area contributed by atoms with Gasteiger partial charge in [0.1, 0.15) is 18.1 Å². The molecule has 0 unspecified atom stereocenters. The van der Waals surface area contributed by atoms with Gasteiger partial charge in [-0.15, -0.1) is 0 Å². The molecule has 0 bridgehead atoms. The molecule has 6 rings (SSSR count). The number of benzene rings is 1. The fourth-order valence-electron chi connectivity index (χ4n) is 6.54. The maximum atomic E-state index is 14.0. The van der Waals surface area contributed by atoms with Gasteiger partial charge in [-0.05, 0) is 67.3 Å².